The predicted octanol–water partition coefficient (Wildman–Crippen LogP) is 5.13. The predicted molar refractivity (Wildman–Crippen MR) is 114 cm³/mol. The fraction of sp³-hybridized carbons (Fsp3) is 0.0833. The van der Waals surface area contributed by atoms with E-state index in [-0.39, 0.29) is 0 Å². The highest BCUT2D eigenvalue weighted by atomic mass is 16.5. The van der Waals surface area contributed by atoms with Crippen molar-refractivity contribution in [1.82, 2.24) is 0 Å². The maximum absolute atomic E-state index is 11.8. The normalized spacial score (nSPS) is 11.1. The maximum atomic E-state index is 11.8. The van der Waals surface area contributed by atoms with Gasteiger partial charge < -0.3 is 13.9 Å². The first kappa shape index (κ1) is 18.5. The minimum Gasteiger partial charge on any atom is -0.493 e. The van der Waals surface area contributed by atoms with E-state index in [1.807, 2.05) is 66.7 Å². The monoisotopic (exact) mass is 385 g/mol. The standard InChI is InChI=1S/C24H19NO4/c1-27-23-13-18(11-12-22(23)28-16-17-7-3-2-4-8-17)15-25-20-14-24(26)29-21-10-6-5-9-19(20)21/h2-15H,16H2,1H3. The van der Waals surface area contributed by atoms with Gasteiger partial charge in [0.05, 0.1) is 18.9 Å². The number of methoxy groups -OCH3 is 1. The van der Waals surface area contributed by atoms with Crippen molar-refractivity contribution in [2.45, 2.75) is 6.61 Å². The van der Waals surface area contributed by atoms with Gasteiger partial charge in [0, 0.05) is 11.6 Å². The molecule has 0 N–H and O–H groups in total. The van der Waals surface area contributed by atoms with Crippen LogP contribution < -0.4 is 15.1 Å². The Morgan fingerprint density at radius 3 is 2.55 bits per heavy atom. The van der Waals surface area contributed by atoms with E-state index in [4.69, 9.17) is 13.9 Å². The zero-order chi connectivity index (χ0) is 20.1. The van der Waals surface area contributed by atoms with Crippen molar-refractivity contribution < 1.29 is 13.9 Å². The Morgan fingerprint density at radius 1 is 0.931 bits per heavy atom. The highest BCUT2D eigenvalue weighted by Crippen LogP contribution is 2.29. The van der Waals surface area contributed by atoms with Gasteiger partial charge in [-0.1, -0.05) is 42.5 Å². The molecule has 0 aliphatic carbocycles. The molecular weight excluding hydrogens is 366 g/mol. The quantitative estimate of drug-likeness (QED) is 0.341. The van der Waals surface area contributed by atoms with Crippen molar-refractivity contribution in [3.8, 4) is 11.5 Å². The van der Waals surface area contributed by atoms with Gasteiger partial charge in [-0.3, -0.25) is 4.99 Å². The second-order valence-corrected chi connectivity index (χ2v) is 6.39. The van der Waals surface area contributed by atoms with Gasteiger partial charge in [-0.15, -0.1) is 0 Å². The first-order valence-corrected chi connectivity index (χ1v) is 9.14. The molecule has 5 nitrogen and oxygen atoms in total. The molecule has 0 saturated heterocycles. The highest BCUT2D eigenvalue weighted by Gasteiger charge is 2.07. The van der Waals surface area contributed by atoms with E-state index < -0.39 is 5.63 Å². The van der Waals surface area contributed by atoms with E-state index in [0.717, 1.165) is 16.5 Å². The number of fused-ring (bicyclic) bond motifs is 1. The molecule has 0 atom stereocenters. The summed E-state index contributed by atoms with van der Waals surface area (Å²) in [5, 5.41) is 0.776. The smallest absolute Gasteiger partial charge is 0.338 e. The Morgan fingerprint density at radius 2 is 1.72 bits per heavy atom. The SMILES string of the molecule is COc1cc(C=Nc2cc(=O)oc3ccccc23)ccc1OCc1ccccc1. The summed E-state index contributed by atoms with van der Waals surface area (Å²) in [5.74, 6) is 1.27. The lowest BCUT2D eigenvalue weighted by Gasteiger charge is -2.11. The lowest BCUT2D eigenvalue weighted by molar-refractivity contribution is 0.284. The average molecular weight is 385 g/mol. The molecule has 0 radical (unpaired) electrons. The van der Waals surface area contributed by atoms with Gasteiger partial charge in [0.1, 0.15) is 12.2 Å². The largest absolute Gasteiger partial charge is 0.493 e. The van der Waals surface area contributed by atoms with Crippen LogP contribution in [0.15, 0.2) is 93.1 Å². The van der Waals surface area contributed by atoms with Crippen molar-refractivity contribution in [2.75, 3.05) is 7.11 Å². The Balaban J connectivity index is 1.57. The Hall–Kier alpha value is -3.86. The van der Waals surface area contributed by atoms with Gasteiger partial charge in [0.2, 0.25) is 0 Å². The van der Waals surface area contributed by atoms with Crippen LogP contribution in [0.1, 0.15) is 11.1 Å². The molecule has 144 valence electrons. The van der Waals surface area contributed by atoms with Crippen LogP contribution in [0.25, 0.3) is 11.0 Å². The number of para-hydroxylation sites is 1. The molecule has 4 rings (SSSR count). The van der Waals surface area contributed by atoms with Gasteiger partial charge in [0.15, 0.2) is 11.5 Å². The van der Waals surface area contributed by atoms with Crippen molar-refractivity contribution in [3.05, 3.63) is 100 Å². The molecule has 3 aromatic carbocycles. The average Bonchev–Trinajstić information content (AvgIpc) is 2.76. The molecule has 4 aromatic rings. The van der Waals surface area contributed by atoms with E-state index in [9.17, 15) is 4.79 Å². The van der Waals surface area contributed by atoms with Gasteiger partial charge in [-0.05, 0) is 41.5 Å². The number of ether oxygens (including phenoxy) is 2. The molecule has 0 aliphatic heterocycles. The van der Waals surface area contributed by atoms with Crippen molar-refractivity contribution in [1.29, 1.82) is 0 Å². The number of aliphatic imine (C=N–C) groups is 1. The molecule has 0 spiro atoms. The maximum Gasteiger partial charge on any atom is 0.338 e. The summed E-state index contributed by atoms with van der Waals surface area (Å²) in [7, 11) is 1.60. The first-order valence-electron chi connectivity index (χ1n) is 9.14. The van der Waals surface area contributed by atoms with Gasteiger partial charge in [-0.25, -0.2) is 4.79 Å². The van der Waals surface area contributed by atoms with E-state index in [2.05, 4.69) is 4.99 Å². The molecule has 0 fully saturated rings. The van der Waals surface area contributed by atoms with Crippen LogP contribution in [-0.4, -0.2) is 13.3 Å². The second-order valence-electron chi connectivity index (χ2n) is 6.39. The summed E-state index contributed by atoms with van der Waals surface area (Å²) in [6.45, 7) is 0.455. The summed E-state index contributed by atoms with van der Waals surface area (Å²) in [4.78, 5) is 16.3. The third-order valence-corrected chi connectivity index (χ3v) is 4.41. The molecule has 0 unspecified atom stereocenters. The lowest BCUT2D eigenvalue weighted by atomic mass is 10.2. The fourth-order valence-corrected chi connectivity index (χ4v) is 2.96. The van der Waals surface area contributed by atoms with Crippen LogP contribution >= 0.6 is 0 Å². The Bertz CT molecular complexity index is 1210. The van der Waals surface area contributed by atoms with Crippen LogP contribution in [0.4, 0.5) is 5.69 Å². The molecule has 1 heterocycles. The van der Waals surface area contributed by atoms with E-state index >= 15 is 0 Å². The topological polar surface area (TPSA) is 61.0 Å². The number of hydrogen-bond donors (Lipinski definition) is 0. The summed E-state index contributed by atoms with van der Waals surface area (Å²) in [6, 6.07) is 24.2. The lowest BCUT2D eigenvalue weighted by Crippen LogP contribution is -1.98. The number of benzene rings is 3. The molecule has 1 aromatic heterocycles. The van der Waals surface area contributed by atoms with Crippen molar-refractivity contribution in [2.24, 2.45) is 4.99 Å². The third kappa shape index (κ3) is 4.35. The third-order valence-electron chi connectivity index (χ3n) is 4.41. The fourth-order valence-electron chi connectivity index (χ4n) is 2.96. The summed E-state index contributed by atoms with van der Waals surface area (Å²) in [5.41, 5.74) is 2.54. The molecule has 0 saturated carbocycles. The van der Waals surface area contributed by atoms with E-state index in [1.54, 1.807) is 19.4 Å². The van der Waals surface area contributed by atoms with Gasteiger partial charge in [-0.2, -0.15) is 0 Å². The van der Waals surface area contributed by atoms with Crippen LogP contribution in [0, 0.1) is 0 Å². The molecule has 29 heavy (non-hydrogen) atoms. The van der Waals surface area contributed by atoms with Crippen LogP contribution in [-0.2, 0) is 6.61 Å². The number of rotatable bonds is 6. The van der Waals surface area contributed by atoms with Crippen molar-refractivity contribution >= 4 is 22.9 Å². The molecule has 0 aliphatic rings. The zero-order valence-electron chi connectivity index (χ0n) is 15.9. The minimum atomic E-state index is -0.432. The number of hydrogen-bond acceptors (Lipinski definition) is 5. The van der Waals surface area contributed by atoms with Gasteiger partial charge in [0.25, 0.3) is 0 Å². The van der Waals surface area contributed by atoms with Crippen molar-refractivity contribution in [3.63, 3.8) is 0 Å². The molecule has 0 bridgehead atoms. The molecule has 5 heteroatoms. The van der Waals surface area contributed by atoms with Crippen LogP contribution in [0.5, 0.6) is 11.5 Å². The number of nitrogens with zero attached hydrogens (tertiary/aromatic N) is 1. The zero-order valence-corrected chi connectivity index (χ0v) is 15.9. The van der Waals surface area contributed by atoms with Crippen LogP contribution in [0.3, 0.4) is 0 Å². The Kier molecular flexibility index (Phi) is 5.38. The van der Waals surface area contributed by atoms with E-state index in [1.165, 1.54) is 6.07 Å². The van der Waals surface area contributed by atoms with Gasteiger partial charge >= 0.3 is 5.63 Å². The first-order chi connectivity index (χ1) is 14.2. The summed E-state index contributed by atoms with van der Waals surface area (Å²) in [6.07, 6.45) is 1.69. The van der Waals surface area contributed by atoms with Crippen LogP contribution in [0.2, 0.25) is 0 Å². The van der Waals surface area contributed by atoms with E-state index in [0.29, 0.717) is 29.4 Å². The summed E-state index contributed by atoms with van der Waals surface area (Å²) >= 11 is 0. The summed E-state index contributed by atoms with van der Waals surface area (Å²) < 4.78 is 16.6. The molecular formula is C24H19NO4. The minimum absolute atomic E-state index is 0.432. The highest BCUT2D eigenvalue weighted by molar-refractivity contribution is 5.92. The molecule has 0 amide bonds. The Labute approximate surface area is 167 Å². The second kappa shape index (κ2) is 8.44.